The van der Waals surface area contributed by atoms with E-state index in [4.69, 9.17) is 0 Å². The van der Waals surface area contributed by atoms with E-state index in [1.165, 1.54) is 0 Å². The predicted molar refractivity (Wildman–Crippen MR) is 64.9 cm³/mol. The minimum atomic E-state index is -0.541. The van der Waals surface area contributed by atoms with Crippen molar-refractivity contribution in [2.45, 2.75) is 37.8 Å². The molecule has 2 atom stereocenters. The summed E-state index contributed by atoms with van der Waals surface area (Å²) in [6, 6.07) is 3.30. The Morgan fingerprint density at radius 2 is 2.22 bits per heavy atom. The van der Waals surface area contributed by atoms with Crippen molar-refractivity contribution in [3.05, 3.63) is 34.1 Å². The molecule has 2 N–H and O–H groups in total. The number of hydrogen-bond donors (Lipinski definition) is 2. The van der Waals surface area contributed by atoms with E-state index in [2.05, 4.69) is 5.32 Å². The molecule has 1 aromatic carbocycles. The lowest BCUT2D eigenvalue weighted by molar-refractivity contribution is -0.384. The number of hydrogen-bond acceptors (Lipinski definition) is 4. The van der Waals surface area contributed by atoms with Gasteiger partial charge in [-0.2, -0.15) is 0 Å². The third-order valence-electron chi connectivity index (χ3n) is 3.16. The fraction of sp³-hybridized carbons (Fsp3) is 0.500. The van der Waals surface area contributed by atoms with Crippen molar-refractivity contribution >= 4 is 11.4 Å². The summed E-state index contributed by atoms with van der Waals surface area (Å²) >= 11 is 0. The predicted octanol–water partition coefficient (Wildman–Crippen LogP) is 2.45. The van der Waals surface area contributed by atoms with Gasteiger partial charge >= 0.3 is 0 Å². The summed E-state index contributed by atoms with van der Waals surface area (Å²) in [6.45, 7) is 0. The van der Waals surface area contributed by atoms with E-state index in [-0.39, 0.29) is 23.5 Å². The van der Waals surface area contributed by atoms with Crippen LogP contribution >= 0.6 is 0 Å². The van der Waals surface area contributed by atoms with Gasteiger partial charge in [-0.15, -0.1) is 0 Å². The first-order valence-electron chi connectivity index (χ1n) is 5.95. The maximum absolute atomic E-state index is 13.1. The second-order valence-corrected chi connectivity index (χ2v) is 4.58. The Bertz CT molecular complexity index is 453. The van der Waals surface area contributed by atoms with Gasteiger partial charge in [-0.05, 0) is 31.7 Å². The number of anilines is 1. The number of nitrogens with zero attached hydrogens (tertiary/aromatic N) is 1. The fourth-order valence-corrected chi connectivity index (χ4v) is 2.30. The number of nitro groups is 1. The first kappa shape index (κ1) is 12.8. The molecule has 0 radical (unpaired) electrons. The lowest BCUT2D eigenvalue weighted by atomic mass is 9.93. The van der Waals surface area contributed by atoms with Gasteiger partial charge in [0, 0.05) is 18.2 Å². The van der Waals surface area contributed by atoms with Crippen LogP contribution in [0.3, 0.4) is 0 Å². The second-order valence-electron chi connectivity index (χ2n) is 4.58. The van der Waals surface area contributed by atoms with Gasteiger partial charge in [-0.1, -0.05) is 0 Å². The summed E-state index contributed by atoms with van der Waals surface area (Å²) in [6.07, 6.45) is 2.59. The van der Waals surface area contributed by atoms with Gasteiger partial charge in [0.1, 0.15) is 11.5 Å². The van der Waals surface area contributed by atoms with Gasteiger partial charge in [0.25, 0.3) is 5.69 Å². The van der Waals surface area contributed by atoms with E-state index in [0.717, 1.165) is 37.5 Å². The van der Waals surface area contributed by atoms with Crippen LogP contribution in [0.5, 0.6) is 0 Å². The van der Waals surface area contributed by atoms with Crippen molar-refractivity contribution in [2.24, 2.45) is 0 Å². The average molecular weight is 254 g/mol. The highest BCUT2D eigenvalue weighted by Gasteiger charge is 2.23. The standard InChI is InChI=1S/C12H15FN2O3/c13-8-4-5-12(15(17)18)11(6-8)14-9-2-1-3-10(16)7-9/h4-6,9-10,14,16H,1-3,7H2. The lowest BCUT2D eigenvalue weighted by Gasteiger charge is -2.27. The van der Waals surface area contributed by atoms with Crippen LogP contribution in [0.4, 0.5) is 15.8 Å². The molecule has 0 aromatic heterocycles. The zero-order chi connectivity index (χ0) is 13.1. The van der Waals surface area contributed by atoms with E-state index in [1.807, 2.05) is 0 Å². The summed E-state index contributed by atoms with van der Waals surface area (Å²) < 4.78 is 13.1. The molecule has 0 bridgehead atoms. The molecular weight excluding hydrogens is 239 g/mol. The summed E-state index contributed by atoms with van der Waals surface area (Å²) in [4.78, 5) is 10.3. The minimum Gasteiger partial charge on any atom is -0.393 e. The Balaban J connectivity index is 2.16. The molecule has 98 valence electrons. The molecular formula is C12H15FN2O3. The molecule has 1 aliphatic carbocycles. The maximum atomic E-state index is 13.1. The third kappa shape index (κ3) is 2.95. The van der Waals surface area contributed by atoms with Gasteiger partial charge in [-0.25, -0.2) is 4.39 Å². The van der Waals surface area contributed by atoms with Crippen LogP contribution in [0.25, 0.3) is 0 Å². The Morgan fingerprint density at radius 1 is 1.44 bits per heavy atom. The summed E-state index contributed by atoms with van der Waals surface area (Å²) in [7, 11) is 0. The zero-order valence-corrected chi connectivity index (χ0v) is 9.80. The van der Waals surface area contributed by atoms with Crippen LogP contribution in [0.1, 0.15) is 25.7 Å². The van der Waals surface area contributed by atoms with Crippen molar-refractivity contribution in [1.82, 2.24) is 0 Å². The first-order chi connectivity index (χ1) is 8.56. The molecule has 6 heteroatoms. The van der Waals surface area contributed by atoms with Crippen LogP contribution < -0.4 is 5.32 Å². The van der Waals surface area contributed by atoms with Gasteiger partial charge < -0.3 is 10.4 Å². The van der Waals surface area contributed by atoms with E-state index >= 15 is 0 Å². The SMILES string of the molecule is O=[N+]([O-])c1ccc(F)cc1NC1CCCC(O)C1. The van der Waals surface area contributed by atoms with Crippen LogP contribution in [0.15, 0.2) is 18.2 Å². The van der Waals surface area contributed by atoms with E-state index in [1.54, 1.807) is 0 Å². The van der Waals surface area contributed by atoms with Crippen molar-refractivity contribution in [1.29, 1.82) is 0 Å². The molecule has 0 heterocycles. The maximum Gasteiger partial charge on any atom is 0.292 e. The van der Waals surface area contributed by atoms with E-state index < -0.39 is 10.7 Å². The molecule has 1 aromatic rings. The van der Waals surface area contributed by atoms with Crippen molar-refractivity contribution < 1.29 is 14.4 Å². The molecule has 0 saturated heterocycles. The highest BCUT2D eigenvalue weighted by atomic mass is 19.1. The highest BCUT2D eigenvalue weighted by Crippen LogP contribution is 2.29. The van der Waals surface area contributed by atoms with Crippen LogP contribution in [-0.4, -0.2) is 22.2 Å². The fourth-order valence-electron chi connectivity index (χ4n) is 2.30. The number of aliphatic hydroxyl groups is 1. The summed E-state index contributed by atoms with van der Waals surface area (Å²) in [5, 5.41) is 23.3. The van der Waals surface area contributed by atoms with Crippen molar-refractivity contribution in [3.63, 3.8) is 0 Å². The van der Waals surface area contributed by atoms with Gasteiger partial charge in [0.05, 0.1) is 11.0 Å². The summed E-state index contributed by atoms with van der Waals surface area (Å²) in [5.74, 6) is -0.514. The molecule has 2 rings (SSSR count). The van der Waals surface area contributed by atoms with Crippen molar-refractivity contribution in [3.8, 4) is 0 Å². The van der Waals surface area contributed by atoms with Crippen LogP contribution in [0, 0.1) is 15.9 Å². The monoisotopic (exact) mass is 254 g/mol. The number of nitro benzene ring substituents is 1. The highest BCUT2D eigenvalue weighted by molar-refractivity contribution is 5.61. The molecule has 0 aliphatic heterocycles. The molecule has 5 nitrogen and oxygen atoms in total. The summed E-state index contributed by atoms with van der Waals surface area (Å²) in [5.41, 5.74) is 0.0376. The van der Waals surface area contributed by atoms with Crippen molar-refractivity contribution in [2.75, 3.05) is 5.32 Å². The average Bonchev–Trinajstić information content (AvgIpc) is 2.28. The molecule has 1 fully saturated rings. The smallest absolute Gasteiger partial charge is 0.292 e. The molecule has 1 saturated carbocycles. The number of halogens is 1. The largest absolute Gasteiger partial charge is 0.393 e. The Kier molecular flexibility index (Phi) is 3.76. The molecule has 0 spiro atoms. The Hall–Kier alpha value is -1.69. The number of aliphatic hydroxyl groups excluding tert-OH is 1. The first-order valence-corrected chi connectivity index (χ1v) is 5.95. The Labute approximate surface area is 104 Å². The number of benzene rings is 1. The molecule has 18 heavy (non-hydrogen) atoms. The quantitative estimate of drug-likeness (QED) is 0.641. The second kappa shape index (κ2) is 5.30. The van der Waals surface area contributed by atoms with Crippen LogP contribution in [-0.2, 0) is 0 Å². The number of rotatable bonds is 3. The van der Waals surface area contributed by atoms with E-state index in [9.17, 15) is 19.6 Å². The van der Waals surface area contributed by atoms with Gasteiger partial charge in [-0.3, -0.25) is 10.1 Å². The normalized spacial score (nSPS) is 23.7. The van der Waals surface area contributed by atoms with Gasteiger partial charge in [0.2, 0.25) is 0 Å². The van der Waals surface area contributed by atoms with E-state index in [0.29, 0.717) is 6.42 Å². The molecule has 0 amide bonds. The number of nitrogens with one attached hydrogen (secondary N) is 1. The lowest BCUT2D eigenvalue weighted by Crippen LogP contribution is -2.30. The zero-order valence-electron chi connectivity index (χ0n) is 9.80. The molecule has 2 unspecified atom stereocenters. The van der Waals surface area contributed by atoms with Crippen LogP contribution in [0.2, 0.25) is 0 Å². The minimum absolute atomic E-state index is 0.0470. The molecule has 1 aliphatic rings. The topological polar surface area (TPSA) is 75.4 Å². The Morgan fingerprint density at radius 3 is 2.89 bits per heavy atom. The van der Waals surface area contributed by atoms with Gasteiger partial charge in [0.15, 0.2) is 0 Å². The third-order valence-corrected chi connectivity index (χ3v) is 3.16.